The molecule has 1 aliphatic carbocycles. The lowest BCUT2D eigenvalue weighted by Crippen LogP contribution is -2.29. The number of carbonyl (C=O) groups is 1. The van der Waals surface area contributed by atoms with E-state index in [4.69, 9.17) is 10.5 Å². The lowest BCUT2D eigenvalue weighted by atomic mass is 9.92. The fourth-order valence-corrected chi connectivity index (χ4v) is 3.75. The van der Waals surface area contributed by atoms with Gasteiger partial charge in [0, 0.05) is 24.0 Å². The van der Waals surface area contributed by atoms with Crippen molar-refractivity contribution in [1.29, 1.82) is 0 Å². The number of aliphatic hydroxyl groups excluding tert-OH is 1. The zero-order valence-corrected chi connectivity index (χ0v) is 16.5. The number of aromatic nitrogens is 1. The van der Waals surface area contributed by atoms with E-state index in [0.717, 1.165) is 31.4 Å². The maximum Gasteiger partial charge on any atom is 0.250 e. The van der Waals surface area contributed by atoms with Crippen molar-refractivity contribution in [3.8, 4) is 23.1 Å². The number of nitrogens with zero attached hydrogens (tertiary/aromatic N) is 1. The van der Waals surface area contributed by atoms with Crippen LogP contribution in [0.2, 0.25) is 0 Å². The second-order valence-corrected chi connectivity index (χ2v) is 7.56. The lowest BCUT2D eigenvalue weighted by Gasteiger charge is -2.28. The molecule has 7 heteroatoms. The molecule has 3 aromatic rings. The zero-order valence-electron chi connectivity index (χ0n) is 16.5. The molecule has 1 aliphatic rings. The molecule has 5 N–H and O–H groups in total. The van der Waals surface area contributed by atoms with Gasteiger partial charge in [0.05, 0.1) is 17.4 Å². The Labute approximate surface area is 174 Å². The predicted octanol–water partition coefficient (Wildman–Crippen LogP) is 3.79. The van der Waals surface area contributed by atoms with Crippen molar-refractivity contribution < 1.29 is 19.7 Å². The van der Waals surface area contributed by atoms with Gasteiger partial charge >= 0.3 is 0 Å². The van der Waals surface area contributed by atoms with E-state index in [1.54, 1.807) is 30.3 Å². The van der Waals surface area contributed by atoms with Crippen LogP contribution in [0, 0.1) is 0 Å². The summed E-state index contributed by atoms with van der Waals surface area (Å²) in [5.74, 6) is 0.874. The lowest BCUT2D eigenvalue weighted by molar-refractivity contribution is 0.100. The van der Waals surface area contributed by atoms with Crippen LogP contribution in [0.25, 0.3) is 5.69 Å². The number of aromatic hydroxyl groups is 1. The van der Waals surface area contributed by atoms with Crippen molar-refractivity contribution >= 4 is 11.6 Å². The third-order valence-electron chi connectivity index (χ3n) is 5.37. The second kappa shape index (κ2) is 8.51. The third kappa shape index (κ3) is 4.41. The Balaban J connectivity index is 1.61. The number of aliphatic hydroxyl groups is 1. The van der Waals surface area contributed by atoms with E-state index in [1.165, 1.54) is 0 Å². The Morgan fingerprint density at radius 3 is 2.50 bits per heavy atom. The monoisotopic (exact) mass is 407 g/mol. The standard InChI is InChI=1S/C23H25N3O4/c24-23(29)20-12-5-16(14-21(20)25-15-3-6-17(27)7-4-15)26-13-1-2-22(26)30-19-10-8-18(28)9-11-19/h1-2,5,8-15,17,25,27-28H,3-4,6-7H2,(H2,24,29). The van der Waals surface area contributed by atoms with Crippen molar-refractivity contribution in [1.82, 2.24) is 4.57 Å². The van der Waals surface area contributed by atoms with E-state index in [9.17, 15) is 15.0 Å². The van der Waals surface area contributed by atoms with Crippen LogP contribution < -0.4 is 15.8 Å². The maximum atomic E-state index is 11.9. The van der Waals surface area contributed by atoms with Gasteiger partial charge in [-0.25, -0.2) is 0 Å². The average Bonchev–Trinajstić information content (AvgIpc) is 3.19. The largest absolute Gasteiger partial charge is 0.508 e. The molecule has 0 saturated heterocycles. The Morgan fingerprint density at radius 2 is 1.80 bits per heavy atom. The summed E-state index contributed by atoms with van der Waals surface area (Å²) in [4.78, 5) is 11.9. The van der Waals surface area contributed by atoms with Crippen LogP contribution in [0.1, 0.15) is 36.0 Å². The fraction of sp³-hybridized carbons (Fsp3) is 0.261. The molecular formula is C23H25N3O4. The number of anilines is 1. The highest BCUT2D eigenvalue weighted by molar-refractivity contribution is 5.99. The van der Waals surface area contributed by atoms with Crippen LogP contribution in [0.3, 0.4) is 0 Å². The molecule has 0 bridgehead atoms. The molecule has 1 saturated carbocycles. The molecule has 7 nitrogen and oxygen atoms in total. The van der Waals surface area contributed by atoms with E-state index >= 15 is 0 Å². The molecule has 30 heavy (non-hydrogen) atoms. The minimum absolute atomic E-state index is 0.172. The number of rotatable bonds is 6. The van der Waals surface area contributed by atoms with Crippen molar-refractivity contribution in [2.75, 3.05) is 5.32 Å². The van der Waals surface area contributed by atoms with E-state index in [-0.39, 0.29) is 17.9 Å². The van der Waals surface area contributed by atoms with Crippen molar-refractivity contribution in [2.24, 2.45) is 5.73 Å². The van der Waals surface area contributed by atoms with Crippen LogP contribution in [0.15, 0.2) is 60.8 Å². The highest BCUT2D eigenvalue weighted by Crippen LogP contribution is 2.30. The Kier molecular flexibility index (Phi) is 5.63. The third-order valence-corrected chi connectivity index (χ3v) is 5.37. The Hall–Kier alpha value is -3.45. The molecule has 1 heterocycles. The van der Waals surface area contributed by atoms with Gasteiger partial charge in [0.1, 0.15) is 11.5 Å². The molecule has 4 rings (SSSR count). The summed E-state index contributed by atoms with van der Waals surface area (Å²) in [6.07, 6.45) is 4.78. The van der Waals surface area contributed by atoms with Gasteiger partial charge in [0.25, 0.3) is 5.91 Å². The van der Waals surface area contributed by atoms with E-state index in [2.05, 4.69) is 5.32 Å². The minimum Gasteiger partial charge on any atom is -0.508 e. The minimum atomic E-state index is -0.493. The first-order chi connectivity index (χ1) is 14.5. The number of nitrogens with two attached hydrogens (primary N) is 1. The molecular weight excluding hydrogens is 382 g/mol. The second-order valence-electron chi connectivity index (χ2n) is 7.56. The summed E-state index contributed by atoms with van der Waals surface area (Å²) in [5.41, 5.74) is 7.50. The van der Waals surface area contributed by atoms with E-state index < -0.39 is 5.91 Å². The Morgan fingerprint density at radius 1 is 1.07 bits per heavy atom. The quantitative estimate of drug-likeness (QED) is 0.497. The van der Waals surface area contributed by atoms with E-state index in [0.29, 0.717) is 22.9 Å². The zero-order chi connectivity index (χ0) is 21.1. The molecule has 1 aromatic heterocycles. The number of amides is 1. The molecule has 1 fully saturated rings. The summed E-state index contributed by atoms with van der Waals surface area (Å²) < 4.78 is 7.82. The van der Waals surface area contributed by atoms with Gasteiger partial charge in [-0.1, -0.05) is 0 Å². The molecule has 0 atom stereocenters. The smallest absolute Gasteiger partial charge is 0.250 e. The first-order valence-electron chi connectivity index (χ1n) is 10.0. The van der Waals surface area contributed by atoms with Gasteiger partial charge in [-0.15, -0.1) is 0 Å². The molecule has 0 aliphatic heterocycles. The summed E-state index contributed by atoms with van der Waals surface area (Å²) in [7, 11) is 0. The number of hydrogen-bond acceptors (Lipinski definition) is 5. The predicted molar refractivity (Wildman–Crippen MR) is 114 cm³/mol. The normalized spacial score (nSPS) is 18.7. The van der Waals surface area contributed by atoms with Gasteiger partial charge in [-0.2, -0.15) is 0 Å². The van der Waals surface area contributed by atoms with Crippen LogP contribution in [-0.2, 0) is 0 Å². The summed E-state index contributed by atoms with van der Waals surface area (Å²) in [6.45, 7) is 0. The summed E-state index contributed by atoms with van der Waals surface area (Å²) in [5, 5.41) is 22.6. The van der Waals surface area contributed by atoms with E-state index in [1.807, 2.05) is 35.0 Å². The van der Waals surface area contributed by atoms with Crippen LogP contribution in [0.5, 0.6) is 17.4 Å². The van der Waals surface area contributed by atoms with Gasteiger partial charge in [-0.05, 0) is 74.2 Å². The SMILES string of the molecule is NC(=O)c1ccc(-n2cccc2Oc2ccc(O)cc2)cc1NC1CCC(O)CC1. The molecule has 0 unspecified atom stereocenters. The molecule has 0 spiro atoms. The molecule has 0 radical (unpaired) electrons. The average molecular weight is 407 g/mol. The maximum absolute atomic E-state index is 11.9. The van der Waals surface area contributed by atoms with Crippen molar-refractivity contribution in [3.63, 3.8) is 0 Å². The number of carbonyl (C=O) groups excluding carboxylic acids is 1. The number of ether oxygens (including phenoxy) is 1. The van der Waals surface area contributed by atoms with Crippen molar-refractivity contribution in [3.05, 3.63) is 66.4 Å². The topological polar surface area (TPSA) is 110 Å². The highest BCUT2D eigenvalue weighted by Gasteiger charge is 2.21. The number of phenols is 1. The van der Waals surface area contributed by atoms with Gasteiger partial charge < -0.3 is 26.0 Å². The first-order valence-corrected chi connectivity index (χ1v) is 10.0. The van der Waals surface area contributed by atoms with Crippen LogP contribution >= 0.6 is 0 Å². The summed E-state index contributed by atoms with van der Waals surface area (Å²) >= 11 is 0. The number of nitrogens with one attached hydrogen (secondary N) is 1. The number of benzene rings is 2. The fourth-order valence-electron chi connectivity index (χ4n) is 3.75. The van der Waals surface area contributed by atoms with Crippen LogP contribution in [0.4, 0.5) is 5.69 Å². The molecule has 1 amide bonds. The van der Waals surface area contributed by atoms with Gasteiger partial charge in [-0.3, -0.25) is 9.36 Å². The van der Waals surface area contributed by atoms with Gasteiger partial charge in [0.2, 0.25) is 5.88 Å². The molecule has 2 aromatic carbocycles. The van der Waals surface area contributed by atoms with Gasteiger partial charge in [0.15, 0.2) is 0 Å². The van der Waals surface area contributed by atoms with Crippen molar-refractivity contribution in [2.45, 2.75) is 37.8 Å². The number of phenolic OH excluding ortho intramolecular Hbond substituents is 1. The highest BCUT2D eigenvalue weighted by atomic mass is 16.5. The Bertz CT molecular complexity index is 1020. The number of primary amides is 1. The van der Waals surface area contributed by atoms with Crippen LogP contribution in [-0.4, -0.2) is 32.8 Å². The first kappa shape index (κ1) is 19.8. The number of hydrogen-bond donors (Lipinski definition) is 4. The molecule has 156 valence electrons. The summed E-state index contributed by atoms with van der Waals surface area (Å²) in [6, 6.07) is 15.8.